The van der Waals surface area contributed by atoms with Crippen molar-refractivity contribution < 1.29 is 0 Å². The van der Waals surface area contributed by atoms with Gasteiger partial charge in [-0.2, -0.15) is 5.10 Å². The van der Waals surface area contributed by atoms with E-state index in [2.05, 4.69) is 21.6 Å². The van der Waals surface area contributed by atoms with Gasteiger partial charge in [0.1, 0.15) is 0 Å². The van der Waals surface area contributed by atoms with Crippen LogP contribution in [-0.4, -0.2) is 14.8 Å². The van der Waals surface area contributed by atoms with E-state index in [4.69, 9.17) is 5.84 Å². The zero-order chi connectivity index (χ0) is 13.2. The molecule has 98 valence electrons. The second-order valence-electron chi connectivity index (χ2n) is 4.38. The Hall–Kier alpha value is -1.76. The molecule has 0 saturated carbocycles. The molecule has 3 rings (SSSR count). The SMILES string of the molecule is Cn1nccc1C(Cc1nc2ccccc2s1)NN. The maximum absolute atomic E-state index is 5.66. The fourth-order valence-corrected chi connectivity index (χ4v) is 3.17. The molecule has 3 N–H and O–H groups in total. The van der Waals surface area contributed by atoms with Crippen LogP contribution in [0.15, 0.2) is 36.5 Å². The van der Waals surface area contributed by atoms with E-state index in [0.29, 0.717) is 0 Å². The number of aryl methyl sites for hydroxylation is 1. The highest BCUT2D eigenvalue weighted by atomic mass is 32.1. The van der Waals surface area contributed by atoms with E-state index in [1.807, 2.05) is 36.0 Å². The number of nitrogens with one attached hydrogen (secondary N) is 1. The Labute approximate surface area is 115 Å². The van der Waals surface area contributed by atoms with E-state index in [-0.39, 0.29) is 6.04 Å². The summed E-state index contributed by atoms with van der Waals surface area (Å²) in [6.45, 7) is 0. The van der Waals surface area contributed by atoms with Crippen LogP contribution < -0.4 is 11.3 Å². The van der Waals surface area contributed by atoms with Crippen LogP contribution in [0.2, 0.25) is 0 Å². The predicted molar refractivity (Wildman–Crippen MR) is 76.6 cm³/mol. The lowest BCUT2D eigenvalue weighted by molar-refractivity contribution is 0.508. The van der Waals surface area contributed by atoms with Gasteiger partial charge < -0.3 is 0 Å². The average molecular weight is 273 g/mol. The lowest BCUT2D eigenvalue weighted by Gasteiger charge is -2.14. The average Bonchev–Trinajstić information content (AvgIpc) is 3.01. The number of rotatable bonds is 4. The first-order chi connectivity index (χ1) is 9.28. The summed E-state index contributed by atoms with van der Waals surface area (Å²) in [6.07, 6.45) is 2.54. The molecule has 2 aromatic heterocycles. The smallest absolute Gasteiger partial charge is 0.0958 e. The van der Waals surface area contributed by atoms with Gasteiger partial charge in [-0.1, -0.05) is 12.1 Å². The first-order valence-corrected chi connectivity index (χ1v) is 6.88. The molecule has 0 aliphatic heterocycles. The van der Waals surface area contributed by atoms with Crippen LogP contribution in [-0.2, 0) is 13.5 Å². The van der Waals surface area contributed by atoms with Crippen molar-refractivity contribution in [2.75, 3.05) is 0 Å². The highest BCUT2D eigenvalue weighted by molar-refractivity contribution is 7.18. The van der Waals surface area contributed by atoms with Gasteiger partial charge in [-0.3, -0.25) is 16.0 Å². The van der Waals surface area contributed by atoms with Gasteiger partial charge >= 0.3 is 0 Å². The lowest BCUT2D eigenvalue weighted by Crippen LogP contribution is -2.31. The van der Waals surface area contributed by atoms with E-state index in [1.54, 1.807) is 17.5 Å². The predicted octanol–water partition coefficient (Wildman–Crippen LogP) is 1.78. The summed E-state index contributed by atoms with van der Waals surface area (Å²) in [5.74, 6) is 5.66. The molecule has 0 aliphatic rings. The minimum atomic E-state index is 0.0214. The van der Waals surface area contributed by atoms with Gasteiger partial charge in [0, 0.05) is 19.7 Å². The van der Waals surface area contributed by atoms with E-state index >= 15 is 0 Å². The Morgan fingerprint density at radius 2 is 2.21 bits per heavy atom. The van der Waals surface area contributed by atoms with Crippen LogP contribution in [0, 0.1) is 0 Å². The van der Waals surface area contributed by atoms with Crippen LogP contribution in [0.25, 0.3) is 10.2 Å². The normalized spacial score (nSPS) is 12.9. The van der Waals surface area contributed by atoms with Gasteiger partial charge in [0.25, 0.3) is 0 Å². The quantitative estimate of drug-likeness (QED) is 0.561. The Bertz CT molecular complexity index is 654. The summed E-state index contributed by atoms with van der Waals surface area (Å²) < 4.78 is 3.04. The van der Waals surface area contributed by atoms with Crippen molar-refractivity contribution in [3.8, 4) is 0 Å². The zero-order valence-corrected chi connectivity index (χ0v) is 11.4. The third-order valence-electron chi connectivity index (χ3n) is 3.13. The summed E-state index contributed by atoms with van der Waals surface area (Å²) in [5, 5.41) is 5.25. The van der Waals surface area contributed by atoms with E-state index in [1.165, 1.54) is 4.70 Å². The summed E-state index contributed by atoms with van der Waals surface area (Å²) in [6, 6.07) is 10.1. The zero-order valence-electron chi connectivity index (χ0n) is 10.6. The highest BCUT2D eigenvalue weighted by Gasteiger charge is 2.16. The maximum Gasteiger partial charge on any atom is 0.0958 e. The Balaban J connectivity index is 1.88. The summed E-state index contributed by atoms with van der Waals surface area (Å²) >= 11 is 1.71. The number of hydrogen-bond acceptors (Lipinski definition) is 5. The molecular weight excluding hydrogens is 258 g/mol. The number of hydrogen-bond donors (Lipinski definition) is 2. The molecule has 0 saturated heterocycles. The van der Waals surface area contributed by atoms with E-state index < -0.39 is 0 Å². The van der Waals surface area contributed by atoms with Gasteiger partial charge in [0.15, 0.2) is 0 Å². The number of aromatic nitrogens is 3. The number of thiazole rings is 1. The third-order valence-corrected chi connectivity index (χ3v) is 4.19. The first kappa shape index (κ1) is 12.3. The van der Waals surface area contributed by atoms with Crippen LogP contribution in [0.3, 0.4) is 0 Å². The molecule has 0 bridgehead atoms. The Morgan fingerprint density at radius 3 is 2.89 bits per heavy atom. The minimum Gasteiger partial charge on any atom is -0.271 e. The van der Waals surface area contributed by atoms with Crippen molar-refractivity contribution >= 4 is 21.6 Å². The number of benzene rings is 1. The summed E-state index contributed by atoms with van der Waals surface area (Å²) in [7, 11) is 1.91. The number of nitrogens with two attached hydrogens (primary N) is 1. The molecule has 5 nitrogen and oxygen atoms in total. The number of nitrogens with zero attached hydrogens (tertiary/aromatic N) is 3. The molecule has 19 heavy (non-hydrogen) atoms. The number of fused-ring (bicyclic) bond motifs is 1. The second kappa shape index (κ2) is 5.08. The van der Waals surface area contributed by atoms with Gasteiger partial charge in [-0.15, -0.1) is 11.3 Å². The molecule has 1 atom stereocenters. The van der Waals surface area contributed by atoms with Crippen molar-refractivity contribution in [1.29, 1.82) is 0 Å². The Kier molecular flexibility index (Phi) is 3.29. The fourth-order valence-electron chi connectivity index (χ4n) is 2.16. The van der Waals surface area contributed by atoms with Gasteiger partial charge in [0.05, 0.1) is 27.0 Å². The van der Waals surface area contributed by atoms with Crippen LogP contribution >= 0.6 is 11.3 Å². The van der Waals surface area contributed by atoms with Crippen molar-refractivity contribution in [3.63, 3.8) is 0 Å². The highest BCUT2D eigenvalue weighted by Crippen LogP contribution is 2.25. The van der Waals surface area contributed by atoms with Crippen molar-refractivity contribution in [2.45, 2.75) is 12.5 Å². The number of para-hydroxylation sites is 1. The molecule has 0 spiro atoms. The topological polar surface area (TPSA) is 68.8 Å². The largest absolute Gasteiger partial charge is 0.271 e. The molecule has 0 amide bonds. The third kappa shape index (κ3) is 2.37. The van der Waals surface area contributed by atoms with Crippen molar-refractivity contribution in [3.05, 3.63) is 47.2 Å². The molecule has 0 fully saturated rings. The molecule has 0 radical (unpaired) electrons. The first-order valence-electron chi connectivity index (χ1n) is 6.06. The van der Waals surface area contributed by atoms with Crippen LogP contribution in [0.1, 0.15) is 16.7 Å². The van der Waals surface area contributed by atoms with Gasteiger partial charge in [-0.25, -0.2) is 4.98 Å². The minimum absolute atomic E-state index is 0.0214. The van der Waals surface area contributed by atoms with E-state index in [0.717, 1.165) is 22.6 Å². The standard InChI is InChI=1S/C13H15N5S/c1-18-11(6-7-15-18)10(17-14)8-13-16-9-4-2-3-5-12(9)19-13/h2-7,10,17H,8,14H2,1H3. The van der Waals surface area contributed by atoms with Gasteiger partial charge in [-0.05, 0) is 18.2 Å². The molecule has 0 aliphatic carbocycles. The van der Waals surface area contributed by atoms with E-state index in [9.17, 15) is 0 Å². The number of hydrazine groups is 1. The maximum atomic E-state index is 5.66. The lowest BCUT2D eigenvalue weighted by atomic mass is 10.1. The summed E-state index contributed by atoms with van der Waals surface area (Å²) in [5.41, 5.74) is 4.95. The van der Waals surface area contributed by atoms with Gasteiger partial charge in [0.2, 0.25) is 0 Å². The molecule has 1 aromatic carbocycles. The fraction of sp³-hybridized carbons (Fsp3) is 0.231. The molecule has 2 heterocycles. The summed E-state index contributed by atoms with van der Waals surface area (Å²) in [4.78, 5) is 4.63. The monoisotopic (exact) mass is 273 g/mol. The van der Waals surface area contributed by atoms with Crippen molar-refractivity contribution in [2.24, 2.45) is 12.9 Å². The van der Waals surface area contributed by atoms with Crippen LogP contribution in [0.4, 0.5) is 0 Å². The molecule has 6 heteroatoms. The molecule has 1 unspecified atom stereocenters. The molecule has 3 aromatic rings. The second-order valence-corrected chi connectivity index (χ2v) is 5.49. The van der Waals surface area contributed by atoms with Crippen LogP contribution in [0.5, 0.6) is 0 Å². The molecular formula is C13H15N5S. The van der Waals surface area contributed by atoms with Crippen molar-refractivity contribution in [1.82, 2.24) is 20.2 Å². The Morgan fingerprint density at radius 1 is 1.37 bits per heavy atom.